The molecule has 32 heavy (non-hydrogen) atoms. The number of carbonyl (C=O) groups is 1. The van der Waals surface area contributed by atoms with Gasteiger partial charge in [-0.2, -0.15) is 4.57 Å². The zero-order valence-electron chi connectivity index (χ0n) is 21.0. The second-order valence-corrected chi connectivity index (χ2v) is 10.8. The van der Waals surface area contributed by atoms with Crippen LogP contribution in [0.25, 0.3) is 5.69 Å². The smallest absolute Gasteiger partial charge is 0.220 e. The fourth-order valence-electron chi connectivity index (χ4n) is 6.27. The Morgan fingerprint density at radius 3 is 2.22 bits per heavy atom. The van der Waals surface area contributed by atoms with Gasteiger partial charge in [0.15, 0.2) is 12.4 Å². The maximum atomic E-state index is 12.6. The topological polar surface area (TPSA) is 33.0 Å². The van der Waals surface area contributed by atoms with Crippen LogP contribution in [0.5, 0.6) is 0 Å². The van der Waals surface area contributed by atoms with Crippen molar-refractivity contribution in [2.75, 3.05) is 0 Å². The SMILES string of the molecule is CC(C)C1CCC(C(C)CCC(=O)NCc2ccc(-[n+]3ccccc3)cc2)C1(C)C(C)C. The third kappa shape index (κ3) is 5.42. The molecular weight excluding hydrogens is 392 g/mol. The second-order valence-electron chi connectivity index (χ2n) is 10.8. The van der Waals surface area contributed by atoms with E-state index in [2.05, 4.69) is 75.7 Å². The molecule has 1 aliphatic carbocycles. The van der Waals surface area contributed by atoms with Crippen molar-refractivity contribution in [3.8, 4) is 5.69 Å². The molecule has 1 fully saturated rings. The Labute approximate surface area is 195 Å². The minimum atomic E-state index is 0.169. The van der Waals surface area contributed by atoms with E-state index in [-0.39, 0.29) is 5.91 Å². The van der Waals surface area contributed by atoms with Gasteiger partial charge < -0.3 is 5.32 Å². The predicted molar refractivity (Wildman–Crippen MR) is 132 cm³/mol. The third-order valence-electron chi connectivity index (χ3n) is 8.39. The van der Waals surface area contributed by atoms with Gasteiger partial charge in [-0.1, -0.05) is 59.7 Å². The molecule has 0 bridgehead atoms. The standard InChI is InChI=1S/C29H42N2O/c1-21(2)26-15-16-27(29(26,6)22(3)4)23(5)10-17-28(32)30-20-24-11-13-25(14-12-24)31-18-8-7-9-19-31/h7-9,11-14,18-19,21-23,26-27H,10,15-17,20H2,1-6H3/p+1. The maximum Gasteiger partial charge on any atom is 0.220 e. The highest BCUT2D eigenvalue weighted by Gasteiger charge is 2.50. The molecule has 0 aliphatic heterocycles. The highest BCUT2D eigenvalue weighted by atomic mass is 16.1. The van der Waals surface area contributed by atoms with Crippen molar-refractivity contribution in [2.45, 2.75) is 73.8 Å². The first kappa shape index (κ1) is 24.5. The minimum Gasteiger partial charge on any atom is -0.352 e. The quantitative estimate of drug-likeness (QED) is 0.458. The molecule has 0 saturated heterocycles. The molecule has 1 heterocycles. The summed E-state index contributed by atoms with van der Waals surface area (Å²) in [6, 6.07) is 14.4. The molecule has 3 nitrogen and oxygen atoms in total. The number of aromatic nitrogens is 1. The van der Waals surface area contributed by atoms with E-state index in [1.807, 2.05) is 30.6 Å². The van der Waals surface area contributed by atoms with E-state index in [0.717, 1.165) is 29.5 Å². The Kier molecular flexibility index (Phi) is 8.14. The Morgan fingerprint density at radius 1 is 1.00 bits per heavy atom. The lowest BCUT2D eigenvalue weighted by molar-refractivity contribution is -0.595. The zero-order valence-corrected chi connectivity index (χ0v) is 21.0. The van der Waals surface area contributed by atoms with Gasteiger partial charge in [0.05, 0.1) is 0 Å². The molecule has 4 atom stereocenters. The summed E-state index contributed by atoms with van der Waals surface area (Å²) in [5.74, 6) is 3.67. The Bertz CT molecular complexity index is 858. The molecule has 1 aliphatic rings. The Balaban J connectivity index is 1.49. The lowest BCUT2D eigenvalue weighted by Crippen LogP contribution is -2.39. The van der Waals surface area contributed by atoms with Gasteiger partial charge in [-0.05, 0) is 59.8 Å². The van der Waals surface area contributed by atoms with E-state index < -0.39 is 0 Å². The number of carbonyl (C=O) groups excluding carboxylic acids is 1. The molecule has 1 saturated carbocycles. The van der Waals surface area contributed by atoms with Crippen LogP contribution in [-0.4, -0.2) is 5.91 Å². The Morgan fingerprint density at radius 2 is 1.62 bits per heavy atom. The fourth-order valence-corrected chi connectivity index (χ4v) is 6.27. The van der Waals surface area contributed by atoms with E-state index >= 15 is 0 Å². The van der Waals surface area contributed by atoms with Gasteiger partial charge in [0.1, 0.15) is 0 Å². The van der Waals surface area contributed by atoms with Crippen LogP contribution in [-0.2, 0) is 11.3 Å². The van der Waals surface area contributed by atoms with Crippen molar-refractivity contribution in [3.05, 3.63) is 60.4 Å². The molecular formula is C29H43N2O+. The number of benzene rings is 1. The van der Waals surface area contributed by atoms with Crippen molar-refractivity contribution in [2.24, 2.45) is 35.0 Å². The molecule has 0 spiro atoms. The largest absolute Gasteiger partial charge is 0.352 e. The van der Waals surface area contributed by atoms with Crippen LogP contribution >= 0.6 is 0 Å². The molecule has 1 amide bonds. The summed E-state index contributed by atoms with van der Waals surface area (Å²) in [5.41, 5.74) is 2.64. The summed E-state index contributed by atoms with van der Waals surface area (Å²) in [4.78, 5) is 12.6. The summed E-state index contributed by atoms with van der Waals surface area (Å²) in [5, 5.41) is 3.13. The first-order chi connectivity index (χ1) is 15.2. The molecule has 1 N–H and O–H groups in total. The van der Waals surface area contributed by atoms with Crippen molar-refractivity contribution in [1.82, 2.24) is 5.32 Å². The van der Waals surface area contributed by atoms with Crippen LogP contribution in [0.1, 0.15) is 72.8 Å². The first-order valence-corrected chi connectivity index (χ1v) is 12.6. The number of hydrogen-bond acceptors (Lipinski definition) is 1. The number of pyridine rings is 1. The maximum absolute atomic E-state index is 12.6. The van der Waals surface area contributed by atoms with Crippen LogP contribution in [0.3, 0.4) is 0 Å². The zero-order chi connectivity index (χ0) is 23.3. The number of hydrogen-bond donors (Lipinski definition) is 1. The summed E-state index contributed by atoms with van der Waals surface area (Å²) in [7, 11) is 0. The van der Waals surface area contributed by atoms with Gasteiger partial charge in [-0.15, -0.1) is 0 Å². The normalized spacial score (nSPS) is 24.1. The third-order valence-corrected chi connectivity index (χ3v) is 8.39. The summed E-state index contributed by atoms with van der Waals surface area (Å²) < 4.78 is 2.08. The lowest BCUT2D eigenvalue weighted by atomic mass is 9.60. The molecule has 0 radical (unpaired) electrons. The number of nitrogens with one attached hydrogen (secondary N) is 1. The van der Waals surface area contributed by atoms with Crippen LogP contribution in [0.4, 0.5) is 0 Å². The van der Waals surface area contributed by atoms with Gasteiger partial charge in [0.2, 0.25) is 11.6 Å². The van der Waals surface area contributed by atoms with Gasteiger partial charge in [-0.25, -0.2) is 0 Å². The molecule has 3 heteroatoms. The van der Waals surface area contributed by atoms with E-state index in [0.29, 0.717) is 36.1 Å². The van der Waals surface area contributed by atoms with Crippen molar-refractivity contribution < 1.29 is 9.36 Å². The van der Waals surface area contributed by atoms with Crippen molar-refractivity contribution in [3.63, 3.8) is 0 Å². The van der Waals surface area contributed by atoms with Crippen LogP contribution < -0.4 is 9.88 Å². The second kappa shape index (κ2) is 10.6. The Hall–Kier alpha value is -2.16. The average molecular weight is 436 g/mol. The molecule has 1 aromatic carbocycles. The first-order valence-electron chi connectivity index (χ1n) is 12.6. The minimum absolute atomic E-state index is 0.169. The van der Waals surface area contributed by atoms with Gasteiger partial charge in [0, 0.05) is 37.2 Å². The number of nitrogens with zero attached hydrogens (tertiary/aromatic N) is 1. The lowest BCUT2D eigenvalue weighted by Gasteiger charge is -2.45. The van der Waals surface area contributed by atoms with Crippen molar-refractivity contribution >= 4 is 5.91 Å². The molecule has 3 rings (SSSR count). The highest BCUT2D eigenvalue weighted by Crippen LogP contribution is 2.57. The average Bonchev–Trinajstić information content (AvgIpc) is 3.16. The van der Waals surface area contributed by atoms with E-state index in [1.165, 1.54) is 12.8 Å². The van der Waals surface area contributed by atoms with E-state index in [1.54, 1.807) is 0 Å². The highest BCUT2D eigenvalue weighted by molar-refractivity contribution is 5.75. The molecule has 1 aromatic heterocycles. The molecule has 174 valence electrons. The van der Waals surface area contributed by atoms with Crippen LogP contribution in [0, 0.1) is 35.0 Å². The summed E-state index contributed by atoms with van der Waals surface area (Å²) in [6.45, 7) is 15.1. The molecule has 4 unspecified atom stereocenters. The molecule has 2 aromatic rings. The van der Waals surface area contributed by atoms with Crippen LogP contribution in [0.15, 0.2) is 54.9 Å². The van der Waals surface area contributed by atoms with Crippen LogP contribution in [0.2, 0.25) is 0 Å². The van der Waals surface area contributed by atoms with E-state index in [4.69, 9.17) is 0 Å². The van der Waals surface area contributed by atoms with Crippen molar-refractivity contribution in [1.29, 1.82) is 0 Å². The summed E-state index contributed by atoms with van der Waals surface area (Å²) >= 11 is 0. The van der Waals surface area contributed by atoms with Gasteiger partial charge >= 0.3 is 0 Å². The number of rotatable bonds is 9. The summed E-state index contributed by atoms with van der Waals surface area (Å²) in [6.07, 6.45) is 8.33. The monoisotopic (exact) mass is 435 g/mol. The van der Waals surface area contributed by atoms with E-state index in [9.17, 15) is 4.79 Å². The van der Waals surface area contributed by atoms with Gasteiger partial charge in [-0.3, -0.25) is 4.79 Å². The number of amides is 1. The van der Waals surface area contributed by atoms with Gasteiger partial charge in [0.25, 0.3) is 0 Å². The fraction of sp³-hybridized carbons (Fsp3) is 0.586. The predicted octanol–water partition coefficient (Wildman–Crippen LogP) is 6.34.